The van der Waals surface area contributed by atoms with Gasteiger partial charge in [0.15, 0.2) is 0 Å². The molecule has 0 fully saturated rings. The van der Waals surface area contributed by atoms with Gasteiger partial charge in [-0.15, -0.1) is 0 Å². The Bertz CT molecular complexity index is 173. The van der Waals surface area contributed by atoms with E-state index in [2.05, 4.69) is 27.7 Å². The third-order valence-corrected chi connectivity index (χ3v) is 2.64. The molecule has 0 unspecified atom stereocenters. The average Bonchev–Trinajstić information content (AvgIpc) is 2.18. The molecule has 0 aliphatic heterocycles. The van der Waals surface area contributed by atoms with Gasteiger partial charge in [0.05, 0.1) is 6.61 Å². The Morgan fingerprint density at radius 3 is 1.81 bits per heavy atom. The first-order valence-electron chi connectivity index (χ1n) is 6.29. The fourth-order valence-electron chi connectivity index (χ4n) is 2.18. The summed E-state index contributed by atoms with van der Waals surface area (Å²) in [6.07, 6.45) is 5.17. The van der Waals surface area contributed by atoms with E-state index < -0.39 is 6.16 Å². The fourth-order valence-corrected chi connectivity index (χ4v) is 2.18. The van der Waals surface area contributed by atoms with Crippen LogP contribution in [0, 0.1) is 6.92 Å². The number of carbonyl (C=O) groups excluding carboxylic acids is 1. The lowest BCUT2D eigenvalue weighted by Crippen LogP contribution is -2.35. The Morgan fingerprint density at radius 1 is 1.06 bits per heavy atom. The van der Waals surface area contributed by atoms with Crippen molar-refractivity contribution in [1.29, 1.82) is 0 Å². The van der Waals surface area contributed by atoms with Crippen LogP contribution in [-0.4, -0.2) is 18.4 Å². The maximum atomic E-state index is 11.4. The second-order valence-electron chi connectivity index (χ2n) is 4.13. The molecule has 0 atom stereocenters. The van der Waals surface area contributed by atoms with Crippen molar-refractivity contribution in [3.8, 4) is 0 Å². The Kier molecular flexibility index (Phi) is 8.04. The van der Waals surface area contributed by atoms with Gasteiger partial charge in [0.1, 0.15) is 5.60 Å². The molecule has 95 valence electrons. The lowest BCUT2D eigenvalue weighted by Gasteiger charge is -2.32. The molecule has 0 aliphatic carbocycles. The van der Waals surface area contributed by atoms with Gasteiger partial charge < -0.3 is 9.47 Å². The molecule has 1 radical (unpaired) electrons. The molecule has 0 bridgehead atoms. The minimum absolute atomic E-state index is 0.124. The van der Waals surface area contributed by atoms with Crippen molar-refractivity contribution < 1.29 is 14.3 Å². The second-order valence-corrected chi connectivity index (χ2v) is 4.13. The fraction of sp³-hybridized carbons (Fsp3) is 0.846. The van der Waals surface area contributed by atoms with Crippen LogP contribution in [0.15, 0.2) is 0 Å². The molecule has 3 heteroatoms. The first-order chi connectivity index (χ1) is 7.64. The Labute approximate surface area is 99.5 Å². The monoisotopic (exact) mass is 229 g/mol. The van der Waals surface area contributed by atoms with Gasteiger partial charge in [0.25, 0.3) is 0 Å². The molecule has 0 spiro atoms. The third kappa shape index (κ3) is 5.38. The van der Waals surface area contributed by atoms with Crippen LogP contribution in [0.5, 0.6) is 0 Å². The predicted molar refractivity (Wildman–Crippen MR) is 65.2 cm³/mol. The standard InChI is InChI=1S/C13H25O3/c1-5-9-13(10-6-2,11-7-3)16-12(14)15-8-4/h4-11H2,1-3H3. The Morgan fingerprint density at radius 2 is 1.50 bits per heavy atom. The molecule has 0 saturated carbocycles. The van der Waals surface area contributed by atoms with Gasteiger partial charge in [-0.25, -0.2) is 4.79 Å². The van der Waals surface area contributed by atoms with Crippen molar-refractivity contribution in [2.75, 3.05) is 6.61 Å². The summed E-state index contributed by atoms with van der Waals surface area (Å²) in [7, 11) is 0. The highest BCUT2D eigenvalue weighted by molar-refractivity contribution is 5.60. The van der Waals surface area contributed by atoms with Crippen molar-refractivity contribution >= 4 is 6.16 Å². The maximum absolute atomic E-state index is 11.4. The van der Waals surface area contributed by atoms with E-state index >= 15 is 0 Å². The van der Waals surface area contributed by atoms with Crippen LogP contribution in [0.2, 0.25) is 0 Å². The van der Waals surface area contributed by atoms with Crippen molar-refractivity contribution in [2.24, 2.45) is 0 Å². The topological polar surface area (TPSA) is 35.5 Å². The smallest absolute Gasteiger partial charge is 0.434 e. The zero-order valence-corrected chi connectivity index (χ0v) is 10.9. The lowest BCUT2D eigenvalue weighted by atomic mass is 9.88. The van der Waals surface area contributed by atoms with Crippen molar-refractivity contribution in [3.63, 3.8) is 0 Å². The van der Waals surface area contributed by atoms with E-state index in [0.29, 0.717) is 0 Å². The summed E-state index contributed by atoms with van der Waals surface area (Å²) in [5.41, 5.74) is -0.329. The maximum Gasteiger partial charge on any atom is 0.508 e. The molecule has 0 aromatic heterocycles. The molecular weight excluding hydrogens is 204 g/mol. The normalized spacial score (nSPS) is 11.2. The highest BCUT2D eigenvalue weighted by Gasteiger charge is 2.32. The summed E-state index contributed by atoms with van der Waals surface area (Å²) in [5, 5.41) is 0. The largest absolute Gasteiger partial charge is 0.508 e. The average molecular weight is 229 g/mol. The van der Waals surface area contributed by atoms with Gasteiger partial charge in [0.2, 0.25) is 0 Å². The summed E-state index contributed by atoms with van der Waals surface area (Å²) < 4.78 is 10.3. The molecule has 0 rings (SSSR count). The summed E-state index contributed by atoms with van der Waals surface area (Å²) in [5.74, 6) is 0. The predicted octanol–water partition coefficient (Wildman–Crippen LogP) is 4.11. The minimum atomic E-state index is -0.578. The molecule has 0 aromatic carbocycles. The number of carbonyl (C=O) groups is 1. The van der Waals surface area contributed by atoms with Crippen molar-refractivity contribution in [3.05, 3.63) is 6.92 Å². The van der Waals surface area contributed by atoms with Gasteiger partial charge in [-0.3, -0.25) is 0 Å². The van der Waals surface area contributed by atoms with E-state index in [1.165, 1.54) is 0 Å². The molecule has 0 aromatic rings. The van der Waals surface area contributed by atoms with Crippen molar-refractivity contribution in [2.45, 2.75) is 64.9 Å². The van der Waals surface area contributed by atoms with Crippen LogP contribution >= 0.6 is 0 Å². The van der Waals surface area contributed by atoms with E-state index in [9.17, 15) is 4.79 Å². The summed E-state index contributed by atoms with van der Waals surface area (Å²) in [4.78, 5) is 11.4. The first-order valence-corrected chi connectivity index (χ1v) is 6.29. The number of hydrogen-bond donors (Lipinski definition) is 0. The van der Waals surface area contributed by atoms with Crippen LogP contribution in [-0.2, 0) is 9.47 Å². The quantitative estimate of drug-likeness (QED) is 0.587. The lowest BCUT2D eigenvalue weighted by molar-refractivity contribution is -0.0479. The van der Waals surface area contributed by atoms with E-state index in [0.717, 1.165) is 38.5 Å². The zero-order valence-electron chi connectivity index (χ0n) is 10.9. The van der Waals surface area contributed by atoms with Crippen LogP contribution < -0.4 is 0 Å². The van der Waals surface area contributed by atoms with Crippen LogP contribution in [0.4, 0.5) is 4.79 Å². The molecule has 3 nitrogen and oxygen atoms in total. The number of hydrogen-bond acceptors (Lipinski definition) is 3. The van der Waals surface area contributed by atoms with Crippen LogP contribution in [0.1, 0.15) is 59.3 Å². The molecule has 0 saturated heterocycles. The van der Waals surface area contributed by atoms with E-state index in [1.54, 1.807) is 0 Å². The Balaban J connectivity index is 4.51. The highest BCUT2D eigenvalue weighted by atomic mass is 16.7. The van der Waals surface area contributed by atoms with Gasteiger partial charge >= 0.3 is 6.16 Å². The highest BCUT2D eigenvalue weighted by Crippen LogP contribution is 2.30. The molecule has 0 N–H and O–H groups in total. The third-order valence-electron chi connectivity index (χ3n) is 2.64. The summed E-state index contributed by atoms with van der Waals surface area (Å²) >= 11 is 0. The SMILES string of the molecule is [CH2]COC(=O)OC(CCC)(CCC)CCC. The first kappa shape index (κ1) is 15.3. The van der Waals surface area contributed by atoms with Gasteiger partial charge in [-0.2, -0.15) is 0 Å². The van der Waals surface area contributed by atoms with Crippen LogP contribution in [0.25, 0.3) is 0 Å². The van der Waals surface area contributed by atoms with E-state index in [1.807, 2.05) is 0 Å². The van der Waals surface area contributed by atoms with Crippen LogP contribution in [0.3, 0.4) is 0 Å². The van der Waals surface area contributed by atoms with Gasteiger partial charge in [-0.1, -0.05) is 40.0 Å². The Hall–Kier alpha value is -0.730. The molecule has 16 heavy (non-hydrogen) atoms. The molecule has 0 amide bonds. The van der Waals surface area contributed by atoms with Gasteiger partial charge in [-0.05, 0) is 26.2 Å². The molecular formula is C13H25O3. The zero-order chi connectivity index (χ0) is 12.4. The number of rotatable bonds is 8. The molecule has 0 heterocycles. The summed E-state index contributed by atoms with van der Waals surface area (Å²) in [6.45, 7) is 9.92. The van der Waals surface area contributed by atoms with E-state index in [-0.39, 0.29) is 12.2 Å². The second kappa shape index (κ2) is 8.43. The summed E-state index contributed by atoms with van der Waals surface area (Å²) in [6, 6.07) is 0. The van der Waals surface area contributed by atoms with Crippen molar-refractivity contribution in [1.82, 2.24) is 0 Å². The number of ether oxygens (including phenoxy) is 2. The minimum Gasteiger partial charge on any atom is -0.434 e. The van der Waals surface area contributed by atoms with Gasteiger partial charge in [0, 0.05) is 0 Å². The molecule has 0 aliphatic rings. The van der Waals surface area contributed by atoms with E-state index in [4.69, 9.17) is 9.47 Å².